The van der Waals surface area contributed by atoms with E-state index in [1.165, 1.54) is 0 Å². The van der Waals surface area contributed by atoms with Crippen LogP contribution in [-0.4, -0.2) is 24.6 Å². The van der Waals surface area contributed by atoms with E-state index in [1.807, 2.05) is 6.92 Å². The van der Waals surface area contributed by atoms with Crippen molar-refractivity contribution in [3.05, 3.63) is 0 Å². The molecule has 0 saturated carbocycles. The predicted molar refractivity (Wildman–Crippen MR) is 40.3 cm³/mol. The fraction of sp³-hybridized carbons (Fsp3) is 1.00. The lowest BCUT2D eigenvalue weighted by molar-refractivity contribution is 0.135. The van der Waals surface area contributed by atoms with E-state index < -0.39 is 0 Å². The lowest BCUT2D eigenvalue weighted by atomic mass is 10.8. The molecule has 0 aliphatic heterocycles. The average molecular weight is 135 g/mol. The molecule has 0 fully saturated rings. The SMILES string of the molecule is CCOC(C)[S+](C)C. The molecule has 1 atom stereocenters. The highest BCUT2D eigenvalue weighted by molar-refractivity contribution is 7.95. The van der Waals surface area contributed by atoms with E-state index in [0.29, 0.717) is 16.3 Å². The third-order valence-electron chi connectivity index (χ3n) is 1.07. The molecule has 1 unspecified atom stereocenters. The summed E-state index contributed by atoms with van der Waals surface area (Å²) < 4.78 is 5.32. The zero-order valence-electron chi connectivity index (χ0n) is 6.10. The summed E-state index contributed by atoms with van der Waals surface area (Å²) in [5.74, 6) is 0. The first-order valence-electron chi connectivity index (χ1n) is 2.86. The van der Waals surface area contributed by atoms with Gasteiger partial charge in [0.2, 0.25) is 5.44 Å². The highest BCUT2D eigenvalue weighted by Gasteiger charge is 2.13. The van der Waals surface area contributed by atoms with Gasteiger partial charge in [0.05, 0.1) is 12.5 Å². The van der Waals surface area contributed by atoms with E-state index in [1.54, 1.807) is 0 Å². The number of ether oxygens (including phenoxy) is 1. The minimum Gasteiger partial charge on any atom is -0.334 e. The van der Waals surface area contributed by atoms with Gasteiger partial charge in [-0.25, -0.2) is 0 Å². The van der Waals surface area contributed by atoms with Gasteiger partial charge in [0.15, 0.2) is 0 Å². The molecule has 1 nitrogen and oxygen atoms in total. The van der Waals surface area contributed by atoms with Crippen molar-refractivity contribution in [2.75, 3.05) is 19.1 Å². The Morgan fingerprint density at radius 1 is 1.50 bits per heavy atom. The van der Waals surface area contributed by atoms with Crippen molar-refractivity contribution >= 4 is 10.9 Å². The molecule has 0 aliphatic carbocycles. The number of hydrogen-bond donors (Lipinski definition) is 0. The topological polar surface area (TPSA) is 9.23 Å². The van der Waals surface area contributed by atoms with Gasteiger partial charge in [0, 0.05) is 24.4 Å². The Labute approximate surface area is 54.8 Å². The number of hydrogen-bond acceptors (Lipinski definition) is 1. The van der Waals surface area contributed by atoms with Crippen molar-refractivity contribution in [1.82, 2.24) is 0 Å². The summed E-state index contributed by atoms with van der Waals surface area (Å²) >= 11 is 0. The molecule has 0 rings (SSSR count). The van der Waals surface area contributed by atoms with Crippen LogP contribution in [-0.2, 0) is 15.6 Å². The molecular weight excluding hydrogens is 120 g/mol. The smallest absolute Gasteiger partial charge is 0.214 e. The Morgan fingerprint density at radius 2 is 2.00 bits per heavy atom. The Bertz CT molecular complexity index is 54.5. The Kier molecular flexibility index (Phi) is 4.38. The maximum Gasteiger partial charge on any atom is 0.214 e. The van der Waals surface area contributed by atoms with Gasteiger partial charge in [-0.15, -0.1) is 0 Å². The van der Waals surface area contributed by atoms with Crippen molar-refractivity contribution in [3.63, 3.8) is 0 Å². The third kappa shape index (κ3) is 3.33. The minimum absolute atomic E-state index is 0.418. The third-order valence-corrected chi connectivity index (χ3v) is 2.53. The molecule has 0 aliphatic rings. The van der Waals surface area contributed by atoms with E-state index in [2.05, 4.69) is 19.4 Å². The molecule has 0 amide bonds. The maximum absolute atomic E-state index is 5.32. The van der Waals surface area contributed by atoms with Crippen LogP contribution in [0.2, 0.25) is 0 Å². The normalized spacial score (nSPS) is 14.6. The first kappa shape index (κ1) is 8.31. The van der Waals surface area contributed by atoms with Crippen LogP contribution in [0.25, 0.3) is 0 Å². The van der Waals surface area contributed by atoms with Gasteiger partial charge in [-0.3, -0.25) is 0 Å². The molecule has 0 spiro atoms. The van der Waals surface area contributed by atoms with Crippen molar-refractivity contribution in [2.45, 2.75) is 19.3 Å². The van der Waals surface area contributed by atoms with Gasteiger partial charge < -0.3 is 4.74 Å². The van der Waals surface area contributed by atoms with Crippen LogP contribution in [0.4, 0.5) is 0 Å². The highest BCUT2D eigenvalue weighted by Crippen LogP contribution is 1.98. The lowest BCUT2D eigenvalue weighted by Crippen LogP contribution is -2.18. The second-order valence-corrected chi connectivity index (χ2v) is 4.33. The van der Waals surface area contributed by atoms with Crippen LogP contribution < -0.4 is 0 Å². The number of rotatable bonds is 3. The van der Waals surface area contributed by atoms with Crippen LogP contribution in [0, 0.1) is 0 Å². The zero-order valence-corrected chi connectivity index (χ0v) is 6.92. The van der Waals surface area contributed by atoms with Gasteiger partial charge in [0.25, 0.3) is 0 Å². The van der Waals surface area contributed by atoms with E-state index >= 15 is 0 Å². The fourth-order valence-corrected chi connectivity index (χ4v) is 0.779. The monoisotopic (exact) mass is 135 g/mol. The molecule has 0 N–H and O–H groups in total. The molecule has 0 saturated heterocycles. The summed E-state index contributed by atoms with van der Waals surface area (Å²) in [6.45, 7) is 4.99. The van der Waals surface area contributed by atoms with E-state index in [4.69, 9.17) is 4.74 Å². The van der Waals surface area contributed by atoms with Gasteiger partial charge in [-0.2, -0.15) is 0 Å². The molecule has 0 aromatic heterocycles. The highest BCUT2D eigenvalue weighted by atomic mass is 32.2. The lowest BCUT2D eigenvalue weighted by Gasteiger charge is -2.06. The minimum atomic E-state index is 0.418. The largest absolute Gasteiger partial charge is 0.334 e. The zero-order chi connectivity index (χ0) is 6.57. The summed E-state index contributed by atoms with van der Waals surface area (Å²) in [4.78, 5) is 0. The van der Waals surface area contributed by atoms with Gasteiger partial charge >= 0.3 is 0 Å². The van der Waals surface area contributed by atoms with E-state index in [-0.39, 0.29) is 0 Å². The molecule has 0 heterocycles. The Hall–Kier alpha value is 0.310. The maximum atomic E-state index is 5.32. The molecule has 2 heteroatoms. The summed E-state index contributed by atoms with van der Waals surface area (Å²) in [6.07, 6.45) is 4.39. The second kappa shape index (κ2) is 4.21. The van der Waals surface area contributed by atoms with Crippen LogP contribution in [0.3, 0.4) is 0 Å². The summed E-state index contributed by atoms with van der Waals surface area (Å²) in [5, 5.41) is 0. The first-order chi connectivity index (χ1) is 3.68. The van der Waals surface area contributed by atoms with Crippen molar-refractivity contribution in [2.24, 2.45) is 0 Å². The second-order valence-electron chi connectivity index (χ2n) is 1.90. The van der Waals surface area contributed by atoms with Crippen LogP contribution >= 0.6 is 0 Å². The first-order valence-corrected chi connectivity index (χ1v) is 4.97. The van der Waals surface area contributed by atoms with Crippen LogP contribution in [0.5, 0.6) is 0 Å². The van der Waals surface area contributed by atoms with Crippen molar-refractivity contribution in [3.8, 4) is 0 Å². The fourth-order valence-electron chi connectivity index (χ4n) is 0.371. The molecule has 0 radical (unpaired) electrons. The van der Waals surface area contributed by atoms with Gasteiger partial charge in [0.1, 0.15) is 0 Å². The van der Waals surface area contributed by atoms with Gasteiger partial charge in [-0.05, 0) is 6.92 Å². The molecule has 0 bridgehead atoms. The quantitative estimate of drug-likeness (QED) is 0.529. The van der Waals surface area contributed by atoms with E-state index in [0.717, 1.165) is 6.61 Å². The summed E-state index contributed by atoms with van der Waals surface area (Å²) in [7, 11) is 0.418. The Balaban J connectivity index is 3.17. The standard InChI is InChI=1S/C6H15OS/c1-5-7-6(2)8(3)4/h6H,5H2,1-4H3/q+1. The summed E-state index contributed by atoms with van der Waals surface area (Å²) in [5.41, 5.74) is 0.444. The molecule has 8 heavy (non-hydrogen) atoms. The van der Waals surface area contributed by atoms with Gasteiger partial charge in [-0.1, -0.05) is 0 Å². The van der Waals surface area contributed by atoms with Crippen LogP contribution in [0.15, 0.2) is 0 Å². The summed E-state index contributed by atoms with van der Waals surface area (Å²) in [6, 6.07) is 0. The van der Waals surface area contributed by atoms with Crippen LogP contribution in [0.1, 0.15) is 13.8 Å². The average Bonchev–Trinajstić information content (AvgIpc) is 1.67. The predicted octanol–water partition coefficient (Wildman–Crippen LogP) is 1.25. The molecular formula is C6H15OS+. The van der Waals surface area contributed by atoms with Crippen molar-refractivity contribution < 1.29 is 4.74 Å². The van der Waals surface area contributed by atoms with Crippen molar-refractivity contribution in [1.29, 1.82) is 0 Å². The molecule has 0 aromatic carbocycles. The van der Waals surface area contributed by atoms with E-state index in [9.17, 15) is 0 Å². The molecule has 0 aromatic rings. The Morgan fingerprint density at radius 3 is 2.12 bits per heavy atom. The molecule has 50 valence electrons.